The van der Waals surface area contributed by atoms with Gasteiger partial charge in [0.1, 0.15) is 0 Å². The van der Waals surface area contributed by atoms with Crippen LogP contribution in [0.4, 0.5) is 5.13 Å². The Labute approximate surface area is 191 Å². The summed E-state index contributed by atoms with van der Waals surface area (Å²) >= 11 is 1.65. The van der Waals surface area contributed by atoms with Crippen LogP contribution in [0.1, 0.15) is 32.9 Å². The smallest absolute Gasteiger partial charge is 0.191 e. The highest BCUT2D eigenvalue weighted by Crippen LogP contribution is 2.18. The second-order valence-corrected chi connectivity index (χ2v) is 8.36. The molecule has 0 radical (unpaired) electrons. The summed E-state index contributed by atoms with van der Waals surface area (Å²) in [6.45, 7) is 12.7. The summed E-state index contributed by atoms with van der Waals surface area (Å²) in [6, 6.07) is 0.498. The molecule has 0 saturated carbocycles. The minimum atomic E-state index is 0. The van der Waals surface area contributed by atoms with Crippen molar-refractivity contribution in [2.75, 3.05) is 58.4 Å². The molecular weight excluding hydrogens is 487 g/mol. The van der Waals surface area contributed by atoms with E-state index in [-0.39, 0.29) is 24.0 Å². The molecule has 1 atom stereocenters. The molecule has 1 fully saturated rings. The molecule has 1 aromatic heterocycles. The molecule has 1 saturated heterocycles. The number of hydrogen-bond acceptors (Lipinski definition) is 6. The molecule has 1 unspecified atom stereocenters. The van der Waals surface area contributed by atoms with E-state index in [1.54, 1.807) is 11.3 Å². The number of hydrogen-bond donors (Lipinski definition) is 2. The van der Waals surface area contributed by atoms with Gasteiger partial charge < -0.3 is 20.3 Å². The molecule has 0 aliphatic carbocycles. The Kier molecular flexibility index (Phi) is 12.3. The number of nitrogens with one attached hydrogen (secondary N) is 2. The third kappa shape index (κ3) is 8.79. The van der Waals surface area contributed by atoms with E-state index in [0.717, 1.165) is 56.2 Å². The van der Waals surface area contributed by atoms with Crippen LogP contribution in [0, 0.1) is 5.92 Å². The van der Waals surface area contributed by atoms with Crippen LogP contribution in [0.15, 0.2) is 10.4 Å². The van der Waals surface area contributed by atoms with Gasteiger partial charge >= 0.3 is 0 Å². The summed E-state index contributed by atoms with van der Waals surface area (Å²) in [5.41, 5.74) is 1.01. The van der Waals surface area contributed by atoms with Gasteiger partial charge in [-0.1, -0.05) is 13.8 Å². The number of nitrogens with zero attached hydrogens (tertiary/aromatic N) is 4. The van der Waals surface area contributed by atoms with Crippen molar-refractivity contribution in [1.82, 2.24) is 20.5 Å². The Morgan fingerprint density at radius 3 is 2.61 bits per heavy atom. The Balaban J connectivity index is 0.00000392. The highest BCUT2D eigenvalue weighted by atomic mass is 127. The zero-order valence-corrected chi connectivity index (χ0v) is 21.0. The predicted molar refractivity (Wildman–Crippen MR) is 130 cm³/mol. The monoisotopic (exact) mass is 524 g/mol. The van der Waals surface area contributed by atoms with E-state index >= 15 is 0 Å². The lowest BCUT2D eigenvalue weighted by Gasteiger charge is -2.35. The third-order valence-electron chi connectivity index (χ3n) is 4.48. The molecule has 28 heavy (non-hydrogen) atoms. The lowest BCUT2D eigenvalue weighted by atomic mass is 10.0. The molecule has 9 heteroatoms. The Morgan fingerprint density at radius 1 is 1.32 bits per heavy atom. The summed E-state index contributed by atoms with van der Waals surface area (Å²) in [6.07, 6.45) is 1.17. The molecule has 1 aromatic rings. The molecule has 1 aliphatic heterocycles. The first-order chi connectivity index (χ1) is 13.0. The van der Waals surface area contributed by atoms with Crippen LogP contribution in [-0.2, 0) is 11.3 Å². The summed E-state index contributed by atoms with van der Waals surface area (Å²) < 4.78 is 5.52. The topological polar surface area (TPSA) is 65.0 Å². The van der Waals surface area contributed by atoms with Crippen molar-refractivity contribution in [2.45, 2.75) is 39.8 Å². The van der Waals surface area contributed by atoms with Crippen molar-refractivity contribution in [3.8, 4) is 0 Å². The summed E-state index contributed by atoms with van der Waals surface area (Å²) in [4.78, 5) is 13.9. The number of guanidine groups is 1. The van der Waals surface area contributed by atoms with Crippen LogP contribution >= 0.6 is 35.3 Å². The first kappa shape index (κ1) is 25.4. The molecular formula is C19H37IN6OS. The number of rotatable bonds is 9. The fourth-order valence-corrected chi connectivity index (χ4v) is 3.89. The first-order valence-electron chi connectivity index (χ1n) is 9.95. The standard InChI is InChI=1S/C19H36N6OS.HI/c1-6-20-18(21-12-16-14-27-19(23-16)24(4)5)22-13-17(11-15(2)3)25-7-9-26-10-8-25;/h14-15,17H,6-13H2,1-5H3,(H2,20,21,22);1H. The normalized spacial score (nSPS) is 16.6. The maximum Gasteiger partial charge on any atom is 0.191 e. The SMILES string of the molecule is CCNC(=NCc1csc(N(C)C)n1)NCC(CC(C)C)N1CCOCC1.I. The number of morpholine rings is 1. The van der Waals surface area contributed by atoms with Crippen LogP contribution in [-0.4, -0.2) is 75.4 Å². The Bertz CT molecular complexity index is 575. The highest BCUT2D eigenvalue weighted by molar-refractivity contribution is 14.0. The fourth-order valence-electron chi connectivity index (χ4n) is 3.14. The highest BCUT2D eigenvalue weighted by Gasteiger charge is 2.22. The van der Waals surface area contributed by atoms with Gasteiger partial charge in [0.15, 0.2) is 11.1 Å². The minimum Gasteiger partial charge on any atom is -0.379 e. The number of ether oxygens (including phenoxy) is 1. The number of halogens is 1. The van der Waals surface area contributed by atoms with Crippen LogP contribution in [0.2, 0.25) is 0 Å². The van der Waals surface area contributed by atoms with Gasteiger partial charge in [-0.3, -0.25) is 4.90 Å². The Morgan fingerprint density at radius 2 is 2.04 bits per heavy atom. The van der Waals surface area contributed by atoms with Gasteiger partial charge in [0, 0.05) is 51.7 Å². The predicted octanol–water partition coefficient (Wildman–Crippen LogP) is 2.63. The second kappa shape index (κ2) is 13.6. The first-order valence-corrected chi connectivity index (χ1v) is 10.8. The molecule has 0 aromatic carbocycles. The maximum absolute atomic E-state index is 5.52. The zero-order valence-electron chi connectivity index (χ0n) is 17.9. The fraction of sp³-hybridized carbons (Fsp3) is 0.789. The number of aliphatic imine (C=N–C) groups is 1. The van der Waals surface area contributed by atoms with Crippen molar-refractivity contribution in [2.24, 2.45) is 10.9 Å². The summed E-state index contributed by atoms with van der Waals surface area (Å²) in [5.74, 6) is 1.53. The van der Waals surface area contributed by atoms with Crippen molar-refractivity contribution >= 4 is 46.4 Å². The van der Waals surface area contributed by atoms with E-state index in [1.807, 2.05) is 19.0 Å². The van der Waals surface area contributed by atoms with E-state index in [1.165, 1.54) is 6.42 Å². The quantitative estimate of drug-likeness (QED) is 0.294. The van der Waals surface area contributed by atoms with E-state index in [2.05, 4.69) is 46.7 Å². The molecule has 2 heterocycles. The zero-order chi connectivity index (χ0) is 19.6. The van der Waals surface area contributed by atoms with Crippen molar-refractivity contribution in [1.29, 1.82) is 0 Å². The second-order valence-electron chi connectivity index (χ2n) is 7.52. The number of thiazole rings is 1. The Hall–Kier alpha value is -0.650. The number of aromatic nitrogens is 1. The summed E-state index contributed by atoms with van der Waals surface area (Å²) in [7, 11) is 4.02. The van der Waals surface area contributed by atoms with Crippen molar-refractivity contribution in [3.63, 3.8) is 0 Å². The lowest BCUT2D eigenvalue weighted by molar-refractivity contribution is 0.0132. The lowest BCUT2D eigenvalue weighted by Crippen LogP contribution is -2.51. The van der Waals surface area contributed by atoms with E-state index in [4.69, 9.17) is 9.73 Å². The van der Waals surface area contributed by atoms with Gasteiger partial charge in [0.2, 0.25) is 0 Å². The minimum absolute atomic E-state index is 0. The van der Waals surface area contributed by atoms with Crippen molar-refractivity contribution in [3.05, 3.63) is 11.1 Å². The number of anilines is 1. The molecule has 2 rings (SSSR count). The van der Waals surface area contributed by atoms with Gasteiger partial charge in [-0.25, -0.2) is 9.98 Å². The maximum atomic E-state index is 5.52. The van der Waals surface area contributed by atoms with E-state index in [9.17, 15) is 0 Å². The molecule has 162 valence electrons. The summed E-state index contributed by atoms with van der Waals surface area (Å²) in [5, 5.41) is 10.00. The average molecular weight is 525 g/mol. The van der Waals surface area contributed by atoms with Crippen molar-refractivity contribution < 1.29 is 4.74 Å². The largest absolute Gasteiger partial charge is 0.379 e. The molecule has 1 aliphatic rings. The molecule has 0 amide bonds. The molecule has 2 N–H and O–H groups in total. The van der Waals surface area contributed by atoms with Gasteiger partial charge in [-0.15, -0.1) is 35.3 Å². The van der Waals surface area contributed by atoms with Gasteiger partial charge in [0.05, 0.1) is 25.5 Å². The average Bonchev–Trinajstić information content (AvgIpc) is 3.12. The van der Waals surface area contributed by atoms with E-state index in [0.29, 0.717) is 18.5 Å². The molecule has 7 nitrogen and oxygen atoms in total. The third-order valence-corrected chi connectivity index (χ3v) is 5.53. The molecule has 0 bridgehead atoms. The van der Waals surface area contributed by atoms with Crippen LogP contribution in [0.25, 0.3) is 0 Å². The van der Waals surface area contributed by atoms with Crippen LogP contribution in [0.3, 0.4) is 0 Å². The van der Waals surface area contributed by atoms with E-state index < -0.39 is 0 Å². The van der Waals surface area contributed by atoms with Gasteiger partial charge in [-0.2, -0.15) is 0 Å². The van der Waals surface area contributed by atoms with Gasteiger partial charge in [0.25, 0.3) is 0 Å². The van der Waals surface area contributed by atoms with Crippen LogP contribution < -0.4 is 15.5 Å². The van der Waals surface area contributed by atoms with Crippen LogP contribution in [0.5, 0.6) is 0 Å². The molecule has 0 spiro atoms. The van der Waals surface area contributed by atoms with Gasteiger partial charge in [-0.05, 0) is 19.3 Å².